The van der Waals surface area contributed by atoms with E-state index < -0.39 is 11.1 Å². The van der Waals surface area contributed by atoms with Crippen LogP contribution < -0.4 is 5.32 Å². The van der Waals surface area contributed by atoms with Gasteiger partial charge < -0.3 is 10.2 Å². The maximum Gasteiger partial charge on any atom is 0.248 e. The summed E-state index contributed by atoms with van der Waals surface area (Å²) in [5, 5.41) is 2.78. The number of carbonyl (C=O) groups excluding carboxylic acids is 2. The molecule has 2 heterocycles. The lowest BCUT2D eigenvalue weighted by molar-refractivity contribution is -0.160. The van der Waals surface area contributed by atoms with Gasteiger partial charge in [0.15, 0.2) is 0 Å². The number of piperazine rings is 1. The molecule has 0 saturated carbocycles. The first-order chi connectivity index (χ1) is 8.64. The van der Waals surface area contributed by atoms with Crippen molar-refractivity contribution in [1.82, 2.24) is 10.2 Å². The van der Waals surface area contributed by atoms with Gasteiger partial charge in [-0.05, 0) is 55.8 Å². The number of hydrogen-bond donors (Lipinski definition) is 1. The molecule has 0 aliphatic carbocycles. The van der Waals surface area contributed by atoms with Crippen molar-refractivity contribution in [3.05, 3.63) is 20.8 Å². The lowest BCUT2D eigenvalue weighted by Gasteiger charge is -2.47. The van der Waals surface area contributed by atoms with Crippen molar-refractivity contribution in [3.63, 3.8) is 0 Å². The second-order valence-electron chi connectivity index (χ2n) is 5.74. The zero-order valence-corrected chi connectivity index (χ0v) is 13.8. The minimum Gasteiger partial charge on any atom is -0.340 e. The van der Waals surface area contributed by atoms with Crippen LogP contribution in [0.3, 0.4) is 0 Å². The van der Waals surface area contributed by atoms with E-state index in [9.17, 15) is 9.59 Å². The summed E-state index contributed by atoms with van der Waals surface area (Å²) in [5.41, 5.74) is -1.68. The van der Waals surface area contributed by atoms with E-state index in [1.807, 2.05) is 12.1 Å². The van der Waals surface area contributed by atoms with Crippen LogP contribution in [0.4, 0.5) is 0 Å². The van der Waals surface area contributed by atoms with Gasteiger partial charge in [-0.3, -0.25) is 9.59 Å². The molecule has 19 heavy (non-hydrogen) atoms. The lowest BCUT2D eigenvalue weighted by Crippen LogP contribution is -2.71. The van der Waals surface area contributed by atoms with Gasteiger partial charge in [-0.15, -0.1) is 11.3 Å². The predicted octanol–water partition coefficient (Wildman–Crippen LogP) is 2.53. The van der Waals surface area contributed by atoms with Crippen LogP contribution in [-0.2, 0) is 16.1 Å². The molecule has 0 bridgehead atoms. The molecule has 1 aliphatic rings. The summed E-state index contributed by atoms with van der Waals surface area (Å²) < 4.78 is 1.02. The fraction of sp³-hybridized carbons (Fsp3) is 0.538. The second kappa shape index (κ2) is 4.59. The Morgan fingerprint density at radius 2 is 1.89 bits per heavy atom. The Labute approximate surface area is 125 Å². The van der Waals surface area contributed by atoms with Crippen LogP contribution in [0.25, 0.3) is 0 Å². The highest BCUT2D eigenvalue weighted by molar-refractivity contribution is 9.11. The van der Waals surface area contributed by atoms with Crippen molar-refractivity contribution < 1.29 is 9.59 Å². The molecule has 1 fully saturated rings. The van der Waals surface area contributed by atoms with E-state index in [0.717, 1.165) is 8.66 Å². The average molecular weight is 345 g/mol. The summed E-state index contributed by atoms with van der Waals surface area (Å²) in [6, 6.07) is 3.92. The molecule has 0 aromatic carbocycles. The van der Waals surface area contributed by atoms with Crippen molar-refractivity contribution in [1.29, 1.82) is 0 Å². The van der Waals surface area contributed by atoms with Crippen LogP contribution in [0.5, 0.6) is 0 Å². The molecule has 1 saturated heterocycles. The molecular weight excluding hydrogens is 328 g/mol. The highest BCUT2D eigenvalue weighted by Crippen LogP contribution is 2.30. The number of amides is 2. The van der Waals surface area contributed by atoms with Gasteiger partial charge in [-0.1, -0.05) is 0 Å². The number of carbonyl (C=O) groups is 2. The van der Waals surface area contributed by atoms with Crippen LogP contribution >= 0.6 is 27.3 Å². The maximum absolute atomic E-state index is 12.5. The van der Waals surface area contributed by atoms with Gasteiger partial charge in [-0.2, -0.15) is 0 Å². The summed E-state index contributed by atoms with van der Waals surface area (Å²) in [5.74, 6) is -0.172. The highest BCUT2D eigenvalue weighted by atomic mass is 79.9. The monoisotopic (exact) mass is 344 g/mol. The van der Waals surface area contributed by atoms with Crippen LogP contribution in [0.15, 0.2) is 15.9 Å². The van der Waals surface area contributed by atoms with E-state index in [0.29, 0.717) is 6.54 Å². The lowest BCUT2D eigenvalue weighted by atomic mass is 9.89. The van der Waals surface area contributed by atoms with Crippen molar-refractivity contribution in [2.24, 2.45) is 0 Å². The number of thiophene rings is 1. The Morgan fingerprint density at radius 1 is 1.26 bits per heavy atom. The van der Waals surface area contributed by atoms with E-state index in [2.05, 4.69) is 21.2 Å². The second-order valence-corrected chi connectivity index (χ2v) is 8.28. The zero-order valence-electron chi connectivity index (χ0n) is 11.4. The third-order valence-electron chi connectivity index (χ3n) is 3.38. The molecule has 0 spiro atoms. The molecule has 1 aromatic heterocycles. The Morgan fingerprint density at radius 3 is 2.42 bits per heavy atom. The first-order valence-electron chi connectivity index (χ1n) is 6.03. The van der Waals surface area contributed by atoms with Gasteiger partial charge in [0.2, 0.25) is 11.8 Å². The third kappa shape index (κ3) is 2.56. The first kappa shape index (κ1) is 14.5. The number of hydrogen-bond acceptors (Lipinski definition) is 3. The fourth-order valence-corrected chi connectivity index (χ4v) is 3.54. The summed E-state index contributed by atoms with van der Waals surface area (Å²) in [4.78, 5) is 27.4. The van der Waals surface area contributed by atoms with E-state index in [1.54, 1.807) is 43.9 Å². The van der Waals surface area contributed by atoms with E-state index in [-0.39, 0.29) is 11.8 Å². The largest absolute Gasteiger partial charge is 0.340 e. The van der Waals surface area contributed by atoms with Crippen LogP contribution in [0.2, 0.25) is 0 Å². The van der Waals surface area contributed by atoms with Gasteiger partial charge in [0.1, 0.15) is 11.1 Å². The van der Waals surface area contributed by atoms with Crippen molar-refractivity contribution in [2.75, 3.05) is 0 Å². The zero-order chi connectivity index (χ0) is 14.4. The molecule has 1 aromatic rings. The van der Waals surface area contributed by atoms with Crippen LogP contribution in [0.1, 0.15) is 32.6 Å². The Hall–Kier alpha value is -0.880. The van der Waals surface area contributed by atoms with E-state index >= 15 is 0 Å². The molecular formula is C13H17BrN2O2S. The summed E-state index contributed by atoms with van der Waals surface area (Å²) >= 11 is 4.99. The quantitative estimate of drug-likeness (QED) is 0.896. The van der Waals surface area contributed by atoms with Crippen LogP contribution in [-0.4, -0.2) is 27.8 Å². The Kier molecular flexibility index (Phi) is 3.51. The minimum absolute atomic E-state index is 0.0541. The smallest absolute Gasteiger partial charge is 0.248 e. The molecule has 2 rings (SSSR count). The number of halogens is 1. The van der Waals surface area contributed by atoms with Gasteiger partial charge in [0.05, 0.1) is 10.3 Å². The fourth-order valence-electron chi connectivity index (χ4n) is 2.07. The average Bonchev–Trinajstić information content (AvgIpc) is 2.68. The molecule has 1 N–H and O–H groups in total. The van der Waals surface area contributed by atoms with Crippen molar-refractivity contribution in [2.45, 2.75) is 45.3 Å². The SMILES string of the molecule is CC1(C)NC(=O)C(C)(C)N(Cc2ccc(Br)s2)C1=O. The molecule has 2 amide bonds. The molecule has 0 radical (unpaired) electrons. The van der Waals surface area contributed by atoms with E-state index in [4.69, 9.17) is 0 Å². The van der Waals surface area contributed by atoms with Gasteiger partial charge in [0.25, 0.3) is 0 Å². The standard InChI is InChI=1S/C13H17BrN2O2S/c1-12(2)11(18)16(13(3,4)10(17)15-12)7-8-5-6-9(14)19-8/h5-6H,7H2,1-4H3,(H,15,17). The number of rotatable bonds is 2. The molecule has 1 aliphatic heterocycles. The number of nitrogens with zero attached hydrogens (tertiary/aromatic N) is 1. The topological polar surface area (TPSA) is 49.4 Å². The first-order valence-corrected chi connectivity index (χ1v) is 7.64. The van der Waals surface area contributed by atoms with Gasteiger partial charge in [0, 0.05) is 4.88 Å². The summed E-state index contributed by atoms with van der Waals surface area (Å²) in [7, 11) is 0. The molecule has 4 nitrogen and oxygen atoms in total. The normalized spacial score (nSPS) is 21.4. The van der Waals surface area contributed by atoms with Gasteiger partial charge in [-0.25, -0.2) is 0 Å². The summed E-state index contributed by atoms with van der Waals surface area (Å²) in [6.45, 7) is 7.48. The third-order valence-corrected chi connectivity index (χ3v) is 4.99. The molecule has 6 heteroatoms. The maximum atomic E-state index is 12.5. The summed E-state index contributed by atoms with van der Waals surface area (Å²) in [6.07, 6.45) is 0. The molecule has 104 valence electrons. The minimum atomic E-state index is -0.846. The van der Waals surface area contributed by atoms with Gasteiger partial charge >= 0.3 is 0 Å². The van der Waals surface area contributed by atoms with E-state index in [1.165, 1.54) is 0 Å². The van der Waals surface area contributed by atoms with Crippen molar-refractivity contribution >= 4 is 39.1 Å². The molecule has 0 unspecified atom stereocenters. The highest BCUT2D eigenvalue weighted by Gasteiger charge is 2.49. The van der Waals surface area contributed by atoms with Crippen molar-refractivity contribution in [3.8, 4) is 0 Å². The predicted molar refractivity (Wildman–Crippen MR) is 78.9 cm³/mol. The Balaban J connectivity index is 2.33. The molecule has 0 atom stereocenters. The number of nitrogens with one attached hydrogen (secondary N) is 1. The van der Waals surface area contributed by atoms with Crippen LogP contribution in [0, 0.1) is 0 Å². The Bertz CT molecular complexity index is 537.